The van der Waals surface area contributed by atoms with Gasteiger partial charge in [-0.2, -0.15) is 0 Å². The number of benzene rings is 1. The van der Waals surface area contributed by atoms with Crippen molar-refractivity contribution in [3.8, 4) is 5.88 Å². The first-order chi connectivity index (χ1) is 11.7. The van der Waals surface area contributed by atoms with Gasteiger partial charge < -0.3 is 15.0 Å². The highest BCUT2D eigenvalue weighted by Gasteiger charge is 2.22. The summed E-state index contributed by atoms with van der Waals surface area (Å²) < 4.78 is 5.39. The highest BCUT2D eigenvalue weighted by molar-refractivity contribution is 6.06. The lowest BCUT2D eigenvalue weighted by Gasteiger charge is -2.17. The SMILES string of the molecule is CCOc1ncccc1C(=O)Nc1cccc(N2CCCC2=O)c1. The maximum absolute atomic E-state index is 12.5. The van der Waals surface area contributed by atoms with Gasteiger partial charge in [-0.15, -0.1) is 0 Å². The van der Waals surface area contributed by atoms with Gasteiger partial charge in [0.25, 0.3) is 5.91 Å². The minimum Gasteiger partial charge on any atom is -0.477 e. The first-order valence-corrected chi connectivity index (χ1v) is 7.98. The second-order valence-corrected chi connectivity index (χ2v) is 5.44. The van der Waals surface area contributed by atoms with Gasteiger partial charge in [0, 0.05) is 30.5 Å². The molecule has 1 aliphatic heterocycles. The van der Waals surface area contributed by atoms with E-state index in [4.69, 9.17) is 4.74 Å². The molecule has 1 N–H and O–H groups in total. The van der Waals surface area contributed by atoms with Crippen LogP contribution in [0, 0.1) is 0 Å². The van der Waals surface area contributed by atoms with Gasteiger partial charge >= 0.3 is 0 Å². The van der Waals surface area contributed by atoms with E-state index in [0.717, 1.165) is 12.1 Å². The van der Waals surface area contributed by atoms with Crippen molar-refractivity contribution in [1.29, 1.82) is 0 Å². The molecule has 1 aromatic carbocycles. The van der Waals surface area contributed by atoms with Gasteiger partial charge in [-0.05, 0) is 43.7 Å². The lowest BCUT2D eigenvalue weighted by Crippen LogP contribution is -2.23. The Hall–Kier alpha value is -2.89. The van der Waals surface area contributed by atoms with Crippen LogP contribution in [0.1, 0.15) is 30.1 Å². The number of carbonyl (C=O) groups excluding carboxylic acids is 2. The van der Waals surface area contributed by atoms with Crippen LogP contribution in [0.4, 0.5) is 11.4 Å². The van der Waals surface area contributed by atoms with Gasteiger partial charge in [-0.1, -0.05) is 6.07 Å². The number of amides is 2. The summed E-state index contributed by atoms with van der Waals surface area (Å²) in [6.45, 7) is 2.99. The van der Waals surface area contributed by atoms with Crippen molar-refractivity contribution in [3.63, 3.8) is 0 Å². The summed E-state index contributed by atoms with van der Waals surface area (Å²) in [5, 5.41) is 2.84. The third kappa shape index (κ3) is 3.37. The molecular weight excluding hydrogens is 306 g/mol. The van der Waals surface area contributed by atoms with Crippen LogP contribution < -0.4 is 15.0 Å². The number of aromatic nitrogens is 1. The Bertz CT molecular complexity index is 761. The molecule has 1 aromatic heterocycles. The number of anilines is 2. The number of rotatable bonds is 5. The predicted octanol–water partition coefficient (Wildman–Crippen LogP) is 2.86. The van der Waals surface area contributed by atoms with E-state index in [-0.39, 0.29) is 11.8 Å². The van der Waals surface area contributed by atoms with Crippen LogP contribution in [-0.2, 0) is 4.79 Å². The fourth-order valence-corrected chi connectivity index (χ4v) is 2.69. The fourth-order valence-electron chi connectivity index (χ4n) is 2.69. The molecule has 3 rings (SSSR count). The van der Waals surface area contributed by atoms with Crippen molar-refractivity contribution in [1.82, 2.24) is 4.98 Å². The third-order valence-corrected chi connectivity index (χ3v) is 3.79. The summed E-state index contributed by atoms with van der Waals surface area (Å²) >= 11 is 0. The molecule has 0 saturated carbocycles. The van der Waals surface area contributed by atoms with E-state index in [1.807, 2.05) is 19.1 Å². The Kier molecular flexibility index (Phi) is 4.74. The maximum atomic E-state index is 12.5. The van der Waals surface area contributed by atoms with Crippen molar-refractivity contribution >= 4 is 23.2 Å². The summed E-state index contributed by atoms with van der Waals surface area (Å²) in [6, 6.07) is 10.6. The Morgan fingerprint density at radius 2 is 2.21 bits per heavy atom. The molecule has 6 heteroatoms. The summed E-state index contributed by atoms with van der Waals surface area (Å²) in [7, 11) is 0. The highest BCUT2D eigenvalue weighted by Crippen LogP contribution is 2.25. The topological polar surface area (TPSA) is 71.5 Å². The van der Waals surface area contributed by atoms with Crippen LogP contribution in [0.15, 0.2) is 42.6 Å². The van der Waals surface area contributed by atoms with Gasteiger partial charge in [0.2, 0.25) is 11.8 Å². The Morgan fingerprint density at radius 3 is 2.96 bits per heavy atom. The van der Waals surface area contributed by atoms with Crippen LogP contribution in [0.2, 0.25) is 0 Å². The molecule has 0 unspecified atom stereocenters. The maximum Gasteiger partial charge on any atom is 0.261 e. The lowest BCUT2D eigenvalue weighted by molar-refractivity contribution is -0.117. The Morgan fingerprint density at radius 1 is 1.33 bits per heavy atom. The average Bonchev–Trinajstić information content (AvgIpc) is 3.02. The quantitative estimate of drug-likeness (QED) is 0.917. The van der Waals surface area contributed by atoms with Crippen molar-refractivity contribution in [3.05, 3.63) is 48.2 Å². The molecule has 2 heterocycles. The smallest absolute Gasteiger partial charge is 0.261 e. The van der Waals surface area contributed by atoms with Crippen molar-refractivity contribution in [2.45, 2.75) is 19.8 Å². The fraction of sp³-hybridized carbons (Fsp3) is 0.278. The van der Waals surface area contributed by atoms with Crippen LogP contribution in [0.3, 0.4) is 0 Å². The normalized spacial score (nSPS) is 13.9. The molecule has 24 heavy (non-hydrogen) atoms. The van der Waals surface area contributed by atoms with Crippen molar-refractivity contribution in [2.75, 3.05) is 23.4 Å². The molecule has 2 amide bonds. The Labute approximate surface area is 140 Å². The molecule has 0 spiro atoms. The standard InChI is InChI=1S/C18H19N3O3/c1-2-24-18-15(8-4-10-19-18)17(23)20-13-6-3-7-14(12-13)21-11-5-9-16(21)22/h3-4,6-8,10,12H,2,5,9,11H2,1H3,(H,20,23). The van der Waals surface area contributed by atoms with E-state index in [2.05, 4.69) is 10.3 Å². The van der Waals surface area contributed by atoms with Crippen LogP contribution in [0.25, 0.3) is 0 Å². The summed E-state index contributed by atoms with van der Waals surface area (Å²) in [6.07, 6.45) is 3.02. The van der Waals surface area contributed by atoms with E-state index in [0.29, 0.717) is 36.7 Å². The molecule has 0 radical (unpaired) electrons. The van der Waals surface area contributed by atoms with Crippen LogP contribution in [0.5, 0.6) is 5.88 Å². The number of pyridine rings is 1. The molecule has 1 aliphatic rings. The van der Waals surface area contributed by atoms with E-state index in [1.165, 1.54) is 0 Å². The molecule has 1 saturated heterocycles. The molecule has 0 aliphatic carbocycles. The number of nitrogens with zero attached hydrogens (tertiary/aromatic N) is 2. The first kappa shape index (κ1) is 16.0. The van der Waals surface area contributed by atoms with E-state index >= 15 is 0 Å². The van der Waals surface area contributed by atoms with Crippen molar-refractivity contribution < 1.29 is 14.3 Å². The van der Waals surface area contributed by atoms with Crippen LogP contribution in [-0.4, -0.2) is 29.9 Å². The van der Waals surface area contributed by atoms with Crippen molar-refractivity contribution in [2.24, 2.45) is 0 Å². The second-order valence-electron chi connectivity index (χ2n) is 5.44. The summed E-state index contributed by atoms with van der Waals surface area (Å²) in [5.41, 5.74) is 1.80. The van der Waals surface area contributed by atoms with E-state index in [9.17, 15) is 9.59 Å². The van der Waals surface area contributed by atoms with E-state index < -0.39 is 0 Å². The summed E-state index contributed by atoms with van der Waals surface area (Å²) in [5.74, 6) is 0.129. The minimum absolute atomic E-state index is 0.115. The van der Waals surface area contributed by atoms with E-state index in [1.54, 1.807) is 35.4 Å². The minimum atomic E-state index is -0.295. The third-order valence-electron chi connectivity index (χ3n) is 3.79. The number of ether oxygens (including phenoxy) is 1. The van der Waals surface area contributed by atoms with Gasteiger partial charge in [0.1, 0.15) is 5.56 Å². The van der Waals surface area contributed by atoms with Gasteiger partial charge in [-0.25, -0.2) is 4.98 Å². The van der Waals surface area contributed by atoms with Gasteiger partial charge in [0.15, 0.2) is 0 Å². The summed E-state index contributed by atoms with van der Waals surface area (Å²) in [4.78, 5) is 30.2. The predicted molar refractivity (Wildman–Crippen MR) is 91.4 cm³/mol. The number of hydrogen-bond acceptors (Lipinski definition) is 4. The molecule has 0 bridgehead atoms. The average molecular weight is 325 g/mol. The zero-order chi connectivity index (χ0) is 16.9. The Balaban J connectivity index is 1.79. The number of nitrogens with one attached hydrogen (secondary N) is 1. The molecule has 6 nitrogen and oxygen atoms in total. The monoisotopic (exact) mass is 325 g/mol. The number of hydrogen-bond donors (Lipinski definition) is 1. The highest BCUT2D eigenvalue weighted by atomic mass is 16.5. The molecule has 1 fully saturated rings. The largest absolute Gasteiger partial charge is 0.477 e. The molecular formula is C18H19N3O3. The zero-order valence-corrected chi connectivity index (χ0v) is 13.5. The number of carbonyl (C=O) groups is 2. The second kappa shape index (κ2) is 7.12. The first-order valence-electron chi connectivity index (χ1n) is 7.98. The van der Waals surface area contributed by atoms with Gasteiger partial charge in [0.05, 0.1) is 6.61 Å². The molecule has 124 valence electrons. The zero-order valence-electron chi connectivity index (χ0n) is 13.5. The van der Waals surface area contributed by atoms with Gasteiger partial charge in [-0.3, -0.25) is 9.59 Å². The molecule has 2 aromatic rings. The van der Waals surface area contributed by atoms with Crippen LogP contribution >= 0.6 is 0 Å². The lowest BCUT2D eigenvalue weighted by atomic mass is 10.2. The molecule has 0 atom stereocenters.